The highest BCUT2D eigenvalue weighted by molar-refractivity contribution is 5.95. The standard InChI is InChI=1S/C14H17N3O2/c1-2-13-12(14(19)15-8-9-18)10-16-17(13)11-6-4-3-5-7-11/h3-7,10,18H,2,8-9H2,1H3,(H,15,19). The number of aliphatic hydroxyl groups is 1. The Hall–Kier alpha value is -2.14. The molecule has 100 valence electrons. The van der Waals surface area contributed by atoms with E-state index in [2.05, 4.69) is 10.4 Å². The number of carbonyl (C=O) groups excluding carboxylic acids is 1. The summed E-state index contributed by atoms with van der Waals surface area (Å²) in [7, 11) is 0. The van der Waals surface area contributed by atoms with Crippen LogP contribution in [-0.4, -0.2) is 33.9 Å². The van der Waals surface area contributed by atoms with Crippen LogP contribution in [0.4, 0.5) is 0 Å². The minimum Gasteiger partial charge on any atom is -0.395 e. The number of benzene rings is 1. The molecule has 0 radical (unpaired) electrons. The second-order valence-corrected chi connectivity index (χ2v) is 4.09. The fourth-order valence-corrected chi connectivity index (χ4v) is 1.96. The van der Waals surface area contributed by atoms with Crippen LogP contribution >= 0.6 is 0 Å². The van der Waals surface area contributed by atoms with E-state index in [9.17, 15) is 4.79 Å². The van der Waals surface area contributed by atoms with E-state index in [4.69, 9.17) is 5.11 Å². The minimum absolute atomic E-state index is 0.0694. The first-order chi connectivity index (χ1) is 9.27. The van der Waals surface area contributed by atoms with Crippen LogP contribution in [0.5, 0.6) is 0 Å². The maximum Gasteiger partial charge on any atom is 0.254 e. The van der Waals surface area contributed by atoms with Gasteiger partial charge in [0.25, 0.3) is 5.91 Å². The Kier molecular flexibility index (Phi) is 4.30. The zero-order valence-electron chi connectivity index (χ0n) is 10.8. The molecule has 1 aromatic carbocycles. The number of hydrogen-bond donors (Lipinski definition) is 2. The lowest BCUT2D eigenvalue weighted by Gasteiger charge is -2.07. The van der Waals surface area contributed by atoms with Gasteiger partial charge in [0.05, 0.1) is 29.7 Å². The van der Waals surface area contributed by atoms with Crippen molar-refractivity contribution in [1.82, 2.24) is 15.1 Å². The van der Waals surface area contributed by atoms with Crippen LogP contribution in [0.25, 0.3) is 5.69 Å². The Morgan fingerprint density at radius 1 is 1.37 bits per heavy atom. The van der Waals surface area contributed by atoms with Crippen molar-refractivity contribution in [1.29, 1.82) is 0 Å². The van der Waals surface area contributed by atoms with E-state index >= 15 is 0 Å². The molecule has 0 fully saturated rings. The molecule has 0 unspecified atom stereocenters. The Balaban J connectivity index is 2.33. The number of amides is 1. The van der Waals surface area contributed by atoms with E-state index in [1.54, 1.807) is 10.9 Å². The second kappa shape index (κ2) is 6.15. The Morgan fingerprint density at radius 2 is 2.11 bits per heavy atom. The van der Waals surface area contributed by atoms with Crippen LogP contribution < -0.4 is 5.32 Å². The van der Waals surface area contributed by atoms with E-state index in [1.807, 2.05) is 37.3 Å². The number of hydrogen-bond acceptors (Lipinski definition) is 3. The van der Waals surface area contributed by atoms with Crippen molar-refractivity contribution in [2.45, 2.75) is 13.3 Å². The van der Waals surface area contributed by atoms with Crippen LogP contribution in [-0.2, 0) is 6.42 Å². The van der Waals surface area contributed by atoms with Crippen LogP contribution in [0.2, 0.25) is 0 Å². The molecule has 1 amide bonds. The normalized spacial score (nSPS) is 10.4. The summed E-state index contributed by atoms with van der Waals surface area (Å²) in [5, 5.41) is 15.7. The van der Waals surface area contributed by atoms with Gasteiger partial charge in [-0.15, -0.1) is 0 Å². The second-order valence-electron chi connectivity index (χ2n) is 4.09. The Labute approximate surface area is 111 Å². The number of aliphatic hydroxyl groups excluding tert-OH is 1. The Bertz CT molecular complexity index is 549. The van der Waals surface area contributed by atoms with Gasteiger partial charge >= 0.3 is 0 Å². The van der Waals surface area contributed by atoms with Crippen LogP contribution in [0.3, 0.4) is 0 Å². The van der Waals surface area contributed by atoms with E-state index in [0.717, 1.165) is 11.4 Å². The summed E-state index contributed by atoms with van der Waals surface area (Å²) in [6, 6.07) is 9.69. The molecule has 1 heterocycles. The number of carbonyl (C=O) groups is 1. The van der Waals surface area contributed by atoms with Gasteiger partial charge in [-0.3, -0.25) is 4.79 Å². The van der Waals surface area contributed by atoms with Gasteiger partial charge in [0.15, 0.2) is 0 Å². The molecule has 0 aliphatic rings. The number of aromatic nitrogens is 2. The molecular formula is C14H17N3O2. The van der Waals surface area contributed by atoms with Crippen LogP contribution in [0.1, 0.15) is 23.0 Å². The summed E-state index contributed by atoms with van der Waals surface area (Å²) in [5.41, 5.74) is 2.35. The van der Waals surface area contributed by atoms with Gasteiger partial charge in [-0.2, -0.15) is 5.10 Å². The van der Waals surface area contributed by atoms with E-state index in [0.29, 0.717) is 12.0 Å². The maximum atomic E-state index is 12.0. The molecule has 0 aliphatic carbocycles. The summed E-state index contributed by atoms with van der Waals surface area (Å²) in [5.74, 6) is -0.201. The zero-order chi connectivity index (χ0) is 13.7. The van der Waals surface area contributed by atoms with Gasteiger partial charge in [-0.25, -0.2) is 4.68 Å². The first-order valence-electron chi connectivity index (χ1n) is 6.29. The molecule has 19 heavy (non-hydrogen) atoms. The molecule has 0 atom stereocenters. The molecule has 2 aromatic rings. The summed E-state index contributed by atoms with van der Waals surface area (Å²) in [4.78, 5) is 12.0. The lowest BCUT2D eigenvalue weighted by molar-refractivity contribution is 0.0944. The monoisotopic (exact) mass is 259 g/mol. The number of rotatable bonds is 5. The molecular weight excluding hydrogens is 242 g/mol. The summed E-state index contributed by atoms with van der Waals surface area (Å²) >= 11 is 0. The lowest BCUT2D eigenvalue weighted by Crippen LogP contribution is -2.27. The highest BCUT2D eigenvalue weighted by Crippen LogP contribution is 2.15. The van der Waals surface area contributed by atoms with Crippen LogP contribution in [0.15, 0.2) is 36.5 Å². The number of para-hydroxylation sites is 1. The van der Waals surface area contributed by atoms with Gasteiger partial charge in [0, 0.05) is 6.54 Å². The highest BCUT2D eigenvalue weighted by atomic mass is 16.3. The molecule has 0 bridgehead atoms. The van der Waals surface area contributed by atoms with Crippen LogP contribution in [0, 0.1) is 0 Å². The largest absolute Gasteiger partial charge is 0.395 e. The first-order valence-corrected chi connectivity index (χ1v) is 6.29. The summed E-state index contributed by atoms with van der Waals surface area (Å²) in [6.45, 7) is 2.16. The predicted octanol–water partition coefficient (Wildman–Crippen LogP) is 1.16. The molecule has 2 N–H and O–H groups in total. The van der Waals surface area contributed by atoms with E-state index in [-0.39, 0.29) is 19.1 Å². The minimum atomic E-state index is -0.201. The molecule has 0 spiro atoms. The highest BCUT2D eigenvalue weighted by Gasteiger charge is 2.16. The quantitative estimate of drug-likeness (QED) is 0.846. The van der Waals surface area contributed by atoms with Crippen molar-refractivity contribution in [2.75, 3.05) is 13.2 Å². The molecule has 5 nitrogen and oxygen atoms in total. The third-order valence-electron chi connectivity index (χ3n) is 2.85. The predicted molar refractivity (Wildman–Crippen MR) is 72.4 cm³/mol. The number of nitrogens with one attached hydrogen (secondary N) is 1. The molecule has 5 heteroatoms. The van der Waals surface area contributed by atoms with Crippen molar-refractivity contribution >= 4 is 5.91 Å². The SMILES string of the molecule is CCc1c(C(=O)NCCO)cnn1-c1ccccc1. The first kappa shape index (κ1) is 13.3. The average Bonchev–Trinajstić information content (AvgIpc) is 2.89. The molecule has 0 saturated heterocycles. The third kappa shape index (κ3) is 2.82. The Morgan fingerprint density at radius 3 is 2.74 bits per heavy atom. The average molecular weight is 259 g/mol. The third-order valence-corrected chi connectivity index (χ3v) is 2.85. The van der Waals surface area contributed by atoms with Gasteiger partial charge in [-0.05, 0) is 18.6 Å². The maximum absolute atomic E-state index is 12.0. The number of nitrogens with zero attached hydrogens (tertiary/aromatic N) is 2. The van der Waals surface area contributed by atoms with Crippen molar-refractivity contribution in [2.24, 2.45) is 0 Å². The molecule has 0 saturated carbocycles. The lowest BCUT2D eigenvalue weighted by atomic mass is 10.2. The summed E-state index contributed by atoms with van der Waals surface area (Å²) in [6.07, 6.45) is 2.27. The topological polar surface area (TPSA) is 67.2 Å². The van der Waals surface area contributed by atoms with Crippen molar-refractivity contribution < 1.29 is 9.90 Å². The van der Waals surface area contributed by atoms with E-state index < -0.39 is 0 Å². The molecule has 1 aromatic heterocycles. The smallest absolute Gasteiger partial charge is 0.254 e. The van der Waals surface area contributed by atoms with Gasteiger partial charge in [-0.1, -0.05) is 25.1 Å². The van der Waals surface area contributed by atoms with Gasteiger partial charge < -0.3 is 10.4 Å². The molecule has 2 rings (SSSR count). The van der Waals surface area contributed by atoms with Crippen molar-refractivity contribution in [3.63, 3.8) is 0 Å². The summed E-state index contributed by atoms with van der Waals surface area (Å²) < 4.78 is 1.77. The van der Waals surface area contributed by atoms with Crippen molar-refractivity contribution in [3.8, 4) is 5.69 Å². The fraction of sp³-hybridized carbons (Fsp3) is 0.286. The van der Waals surface area contributed by atoms with Gasteiger partial charge in [0.2, 0.25) is 0 Å². The molecule has 0 aliphatic heterocycles. The van der Waals surface area contributed by atoms with Crippen molar-refractivity contribution in [3.05, 3.63) is 47.8 Å². The fourth-order valence-electron chi connectivity index (χ4n) is 1.96. The van der Waals surface area contributed by atoms with E-state index in [1.165, 1.54) is 0 Å². The zero-order valence-corrected chi connectivity index (χ0v) is 10.8. The van der Waals surface area contributed by atoms with Gasteiger partial charge in [0.1, 0.15) is 0 Å².